The average molecular weight is 369 g/mol. The van der Waals surface area contributed by atoms with Crippen molar-refractivity contribution in [1.82, 2.24) is 0 Å². The number of nitro benzene ring substituents is 1. The van der Waals surface area contributed by atoms with Gasteiger partial charge < -0.3 is 15.0 Å². The predicted octanol–water partition coefficient (Wildman–Crippen LogP) is 2.90. The summed E-state index contributed by atoms with van der Waals surface area (Å²) in [5, 5.41) is 13.6. The minimum absolute atomic E-state index is 0.0363. The van der Waals surface area contributed by atoms with Crippen LogP contribution in [0.5, 0.6) is 5.75 Å². The molecular weight excluding hydrogens is 350 g/mol. The van der Waals surface area contributed by atoms with Crippen LogP contribution in [0.3, 0.4) is 0 Å². The smallest absolute Gasteiger partial charge is 0.269 e. The molecule has 1 N–H and O–H groups in total. The van der Waals surface area contributed by atoms with Crippen LogP contribution in [0.25, 0.3) is 0 Å². The first-order valence-corrected chi connectivity index (χ1v) is 8.39. The molecule has 1 aliphatic heterocycles. The molecule has 1 saturated heterocycles. The van der Waals surface area contributed by atoms with Gasteiger partial charge in [0, 0.05) is 42.5 Å². The van der Waals surface area contributed by atoms with E-state index in [1.165, 1.54) is 18.2 Å². The molecule has 1 atom stereocenters. The molecule has 2 amide bonds. The fourth-order valence-corrected chi connectivity index (χ4v) is 3.05. The summed E-state index contributed by atoms with van der Waals surface area (Å²) in [7, 11) is 1.55. The third kappa shape index (κ3) is 3.89. The maximum Gasteiger partial charge on any atom is 0.269 e. The molecule has 0 saturated carbocycles. The lowest BCUT2D eigenvalue weighted by atomic mass is 10.1. The second-order valence-corrected chi connectivity index (χ2v) is 6.35. The summed E-state index contributed by atoms with van der Waals surface area (Å²) in [6.07, 6.45) is 0.106. The molecule has 0 spiro atoms. The van der Waals surface area contributed by atoms with E-state index in [2.05, 4.69) is 5.32 Å². The molecule has 1 aliphatic rings. The SMILES string of the molecule is COc1cccc(N2C[C@H](C(=O)Nc3ccc([N+](=O)[O-])cc3C)CC2=O)c1. The highest BCUT2D eigenvalue weighted by molar-refractivity contribution is 6.03. The highest BCUT2D eigenvalue weighted by Gasteiger charge is 2.35. The number of nitro groups is 1. The quantitative estimate of drug-likeness (QED) is 0.645. The average Bonchev–Trinajstić information content (AvgIpc) is 3.05. The van der Waals surface area contributed by atoms with Crippen LogP contribution < -0.4 is 15.0 Å². The van der Waals surface area contributed by atoms with Gasteiger partial charge >= 0.3 is 0 Å². The van der Waals surface area contributed by atoms with Crippen molar-refractivity contribution < 1.29 is 19.2 Å². The van der Waals surface area contributed by atoms with Crippen LogP contribution >= 0.6 is 0 Å². The molecule has 0 bridgehead atoms. The number of nitrogens with one attached hydrogen (secondary N) is 1. The van der Waals surface area contributed by atoms with Gasteiger partial charge in [-0.2, -0.15) is 0 Å². The molecular formula is C19H19N3O5. The summed E-state index contributed by atoms with van der Waals surface area (Å²) in [4.78, 5) is 36.8. The number of non-ortho nitro benzene ring substituents is 1. The summed E-state index contributed by atoms with van der Waals surface area (Å²) in [6.45, 7) is 1.95. The number of methoxy groups -OCH3 is 1. The minimum atomic E-state index is -0.502. The topological polar surface area (TPSA) is 102 Å². The van der Waals surface area contributed by atoms with Crippen molar-refractivity contribution in [2.24, 2.45) is 5.92 Å². The second kappa shape index (κ2) is 7.45. The van der Waals surface area contributed by atoms with Gasteiger partial charge in [0.2, 0.25) is 11.8 Å². The molecule has 0 unspecified atom stereocenters. The summed E-state index contributed by atoms with van der Waals surface area (Å²) >= 11 is 0. The van der Waals surface area contributed by atoms with E-state index in [1.807, 2.05) is 0 Å². The van der Waals surface area contributed by atoms with Gasteiger partial charge in [-0.15, -0.1) is 0 Å². The number of amides is 2. The number of aryl methyl sites for hydroxylation is 1. The summed E-state index contributed by atoms with van der Waals surface area (Å²) in [5.74, 6) is -0.289. The first-order chi connectivity index (χ1) is 12.9. The molecule has 3 rings (SSSR count). The van der Waals surface area contributed by atoms with E-state index in [0.717, 1.165) is 0 Å². The van der Waals surface area contributed by atoms with E-state index in [-0.39, 0.29) is 30.5 Å². The Labute approximate surface area is 155 Å². The number of hydrogen-bond acceptors (Lipinski definition) is 5. The standard InChI is InChI=1S/C19H19N3O5/c1-12-8-15(22(25)26)6-7-17(12)20-19(24)13-9-18(23)21(11-13)14-4-3-5-16(10-14)27-2/h3-8,10,13H,9,11H2,1-2H3,(H,20,24)/t13-/m1/s1. The van der Waals surface area contributed by atoms with Gasteiger partial charge in [0.05, 0.1) is 18.0 Å². The molecule has 2 aromatic rings. The number of nitrogens with zero attached hydrogens (tertiary/aromatic N) is 2. The van der Waals surface area contributed by atoms with Gasteiger partial charge in [0.1, 0.15) is 5.75 Å². The van der Waals surface area contributed by atoms with Crippen LogP contribution in [0.15, 0.2) is 42.5 Å². The lowest BCUT2D eigenvalue weighted by Crippen LogP contribution is -2.28. The Morgan fingerprint density at radius 3 is 2.74 bits per heavy atom. The summed E-state index contributed by atoms with van der Waals surface area (Å²) < 4.78 is 5.18. The van der Waals surface area contributed by atoms with Gasteiger partial charge in [0.15, 0.2) is 0 Å². The Hall–Kier alpha value is -3.42. The van der Waals surface area contributed by atoms with Crippen molar-refractivity contribution in [2.75, 3.05) is 23.9 Å². The molecule has 2 aromatic carbocycles. The largest absolute Gasteiger partial charge is 0.497 e. The number of hydrogen-bond donors (Lipinski definition) is 1. The van der Waals surface area contributed by atoms with Crippen molar-refractivity contribution >= 4 is 28.9 Å². The molecule has 27 heavy (non-hydrogen) atoms. The van der Waals surface area contributed by atoms with E-state index in [9.17, 15) is 19.7 Å². The molecule has 0 aromatic heterocycles. The number of benzene rings is 2. The Bertz CT molecular complexity index is 912. The van der Waals surface area contributed by atoms with E-state index in [4.69, 9.17) is 4.74 Å². The molecule has 0 radical (unpaired) electrons. The highest BCUT2D eigenvalue weighted by Crippen LogP contribution is 2.29. The molecule has 8 nitrogen and oxygen atoms in total. The number of ether oxygens (including phenoxy) is 1. The number of carbonyl (C=O) groups is 2. The Morgan fingerprint density at radius 1 is 1.30 bits per heavy atom. The zero-order valence-electron chi connectivity index (χ0n) is 15.0. The molecule has 140 valence electrons. The van der Waals surface area contributed by atoms with Crippen LogP contribution in [-0.4, -0.2) is 30.4 Å². The molecule has 0 aliphatic carbocycles. The first-order valence-electron chi connectivity index (χ1n) is 8.39. The van der Waals surface area contributed by atoms with Gasteiger partial charge in [-0.1, -0.05) is 6.07 Å². The normalized spacial score (nSPS) is 16.3. The van der Waals surface area contributed by atoms with Gasteiger partial charge in [-0.3, -0.25) is 19.7 Å². The van der Waals surface area contributed by atoms with E-state index in [1.54, 1.807) is 43.2 Å². The van der Waals surface area contributed by atoms with E-state index >= 15 is 0 Å². The first kappa shape index (κ1) is 18.4. The number of anilines is 2. The van der Waals surface area contributed by atoms with Crippen molar-refractivity contribution in [1.29, 1.82) is 0 Å². The van der Waals surface area contributed by atoms with Crippen LogP contribution in [0, 0.1) is 23.0 Å². The van der Waals surface area contributed by atoms with E-state index < -0.39 is 10.8 Å². The summed E-state index contributed by atoms with van der Waals surface area (Å²) in [5.41, 5.74) is 1.73. The number of carbonyl (C=O) groups excluding carboxylic acids is 2. The zero-order chi connectivity index (χ0) is 19.6. The Kier molecular flexibility index (Phi) is 5.07. The van der Waals surface area contributed by atoms with Gasteiger partial charge in [-0.25, -0.2) is 0 Å². The lowest BCUT2D eigenvalue weighted by Gasteiger charge is -2.17. The minimum Gasteiger partial charge on any atom is -0.497 e. The lowest BCUT2D eigenvalue weighted by molar-refractivity contribution is -0.384. The van der Waals surface area contributed by atoms with Gasteiger partial charge in [-0.05, 0) is 30.7 Å². The molecule has 1 fully saturated rings. The van der Waals surface area contributed by atoms with E-state index in [0.29, 0.717) is 22.7 Å². The fourth-order valence-electron chi connectivity index (χ4n) is 3.05. The number of rotatable bonds is 5. The maximum atomic E-state index is 12.6. The molecule has 8 heteroatoms. The fraction of sp³-hybridized carbons (Fsp3) is 0.263. The van der Waals surface area contributed by atoms with Crippen molar-refractivity contribution in [3.63, 3.8) is 0 Å². The van der Waals surface area contributed by atoms with Crippen LogP contribution in [0.2, 0.25) is 0 Å². The Balaban J connectivity index is 1.71. The monoisotopic (exact) mass is 369 g/mol. The van der Waals surface area contributed by atoms with Crippen molar-refractivity contribution in [3.05, 3.63) is 58.1 Å². The van der Waals surface area contributed by atoms with Crippen molar-refractivity contribution in [2.45, 2.75) is 13.3 Å². The Morgan fingerprint density at radius 2 is 2.07 bits per heavy atom. The third-order valence-corrected chi connectivity index (χ3v) is 4.54. The zero-order valence-corrected chi connectivity index (χ0v) is 15.0. The molecule has 1 heterocycles. The predicted molar refractivity (Wildman–Crippen MR) is 99.9 cm³/mol. The summed E-state index contributed by atoms with van der Waals surface area (Å²) in [6, 6.07) is 11.4. The van der Waals surface area contributed by atoms with Crippen molar-refractivity contribution in [3.8, 4) is 5.75 Å². The van der Waals surface area contributed by atoms with Crippen LogP contribution in [-0.2, 0) is 9.59 Å². The highest BCUT2D eigenvalue weighted by atomic mass is 16.6. The second-order valence-electron chi connectivity index (χ2n) is 6.35. The van der Waals surface area contributed by atoms with Crippen LogP contribution in [0.4, 0.5) is 17.1 Å². The van der Waals surface area contributed by atoms with Crippen LogP contribution in [0.1, 0.15) is 12.0 Å². The maximum absolute atomic E-state index is 12.6. The van der Waals surface area contributed by atoms with Gasteiger partial charge in [0.25, 0.3) is 5.69 Å². The third-order valence-electron chi connectivity index (χ3n) is 4.54.